The van der Waals surface area contributed by atoms with E-state index in [4.69, 9.17) is 9.84 Å². The molecule has 0 spiro atoms. The van der Waals surface area contributed by atoms with Gasteiger partial charge in [-0.3, -0.25) is 4.79 Å². The molecule has 1 fully saturated rings. The molecule has 3 nitrogen and oxygen atoms in total. The molecular formula is C7H12O3. The number of ether oxygens (including phenoxy) is 1. The standard InChI is InChI=1S/C7H12O3/c1-5(7(8)9)6-3-2-4-10-6/h5-6H,2-4H2,1H3,(H,8,9)/t5-,6+/m1/s1. The zero-order chi connectivity index (χ0) is 7.56. The van der Waals surface area contributed by atoms with Gasteiger partial charge in [0.05, 0.1) is 12.0 Å². The Morgan fingerprint density at radius 2 is 2.50 bits per heavy atom. The first-order chi connectivity index (χ1) is 4.72. The van der Waals surface area contributed by atoms with Crippen LogP contribution in [0.2, 0.25) is 0 Å². The highest BCUT2D eigenvalue weighted by Crippen LogP contribution is 2.19. The van der Waals surface area contributed by atoms with Gasteiger partial charge in [0, 0.05) is 6.61 Å². The molecule has 0 saturated carbocycles. The van der Waals surface area contributed by atoms with Crippen molar-refractivity contribution in [3.63, 3.8) is 0 Å². The van der Waals surface area contributed by atoms with E-state index >= 15 is 0 Å². The molecule has 1 rings (SSSR count). The quantitative estimate of drug-likeness (QED) is 0.626. The monoisotopic (exact) mass is 144 g/mol. The predicted molar refractivity (Wildman–Crippen MR) is 35.8 cm³/mol. The molecule has 1 aliphatic heterocycles. The molecule has 0 amide bonds. The molecule has 58 valence electrons. The van der Waals surface area contributed by atoms with Crippen LogP contribution < -0.4 is 0 Å². The Bertz CT molecular complexity index is 127. The van der Waals surface area contributed by atoms with E-state index in [-0.39, 0.29) is 12.0 Å². The first-order valence-corrected chi connectivity index (χ1v) is 3.56. The van der Waals surface area contributed by atoms with Crippen LogP contribution in [0, 0.1) is 5.92 Å². The molecule has 1 aliphatic rings. The molecule has 1 saturated heterocycles. The molecule has 10 heavy (non-hydrogen) atoms. The van der Waals surface area contributed by atoms with Crippen molar-refractivity contribution in [2.24, 2.45) is 5.92 Å². The number of carbonyl (C=O) groups is 1. The Hall–Kier alpha value is -0.570. The van der Waals surface area contributed by atoms with Gasteiger partial charge >= 0.3 is 5.97 Å². The van der Waals surface area contributed by atoms with Gasteiger partial charge in [-0.05, 0) is 19.8 Å². The molecule has 0 unspecified atom stereocenters. The van der Waals surface area contributed by atoms with Crippen molar-refractivity contribution in [1.82, 2.24) is 0 Å². The minimum absolute atomic E-state index is 0.0440. The fourth-order valence-corrected chi connectivity index (χ4v) is 1.16. The molecule has 0 aliphatic carbocycles. The van der Waals surface area contributed by atoms with Crippen molar-refractivity contribution in [3.05, 3.63) is 0 Å². The smallest absolute Gasteiger partial charge is 0.308 e. The van der Waals surface area contributed by atoms with Gasteiger partial charge in [0.25, 0.3) is 0 Å². The van der Waals surface area contributed by atoms with Crippen LogP contribution in [-0.2, 0) is 9.53 Å². The highest BCUT2D eigenvalue weighted by Gasteiger charge is 2.26. The second kappa shape index (κ2) is 3.01. The normalized spacial score (nSPS) is 28.3. The molecule has 3 heteroatoms. The molecular weight excluding hydrogens is 132 g/mol. The van der Waals surface area contributed by atoms with Crippen molar-refractivity contribution in [3.8, 4) is 0 Å². The molecule has 0 aromatic heterocycles. The lowest BCUT2D eigenvalue weighted by molar-refractivity contribution is -0.145. The zero-order valence-corrected chi connectivity index (χ0v) is 6.04. The average Bonchev–Trinajstić information content (AvgIpc) is 2.36. The third kappa shape index (κ3) is 1.48. The summed E-state index contributed by atoms with van der Waals surface area (Å²) in [5.74, 6) is -1.10. The first-order valence-electron chi connectivity index (χ1n) is 3.56. The van der Waals surface area contributed by atoms with Gasteiger partial charge in [-0.1, -0.05) is 0 Å². The molecule has 1 heterocycles. The summed E-state index contributed by atoms with van der Waals surface area (Å²) in [5.41, 5.74) is 0. The van der Waals surface area contributed by atoms with Gasteiger partial charge in [-0.2, -0.15) is 0 Å². The fourth-order valence-electron chi connectivity index (χ4n) is 1.16. The number of hydrogen-bond donors (Lipinski definition) is 1. The first kappa shape index (κ1) is 7.54. The minimum atomic E-state index is -0.757. The van der Waals surface area contributed by atoms with Crippen LogP contribution in [0.25, 0.3) is 0 Å². The fraction of sp³-hybridized carbons (Fsp3) is 0.857. The van der Waals surface area contributed by atoms with Crippen molar-refractivity contribution >= 4 is 5.97 Å². The van der Waals surface area contributed by atoms with Crippen molar-refractivity contribution in [1.29, 1.82) is 0 Å². The van der Waals surface area contributed by atoms with Crippen molar-refractivity contribution in [2.75, 3.05) is 6.61 Å². The van der Waals surface area contributed by atoms with Crippen molar-refractivity contribution in [2.45, 2.75) is 25.9 Å². The van der Waals surface area contributed by atoms with E-state index in [0.717, 1.165) is 19.4 Å². The summed E-state index contributed by atoms with van der Waals surface area (Å²) in [4.78, 5) is 10.4. The van der Waals surface area contributed by atoms with Crippen LogP contribution in [0.1, 0.15) is 19.8 Å². The molecule has 0 radical (unpaired) electrons. The summed E-state index contributed by atoms with van der Waals surface area (Å²) >= 11 is 0. The second-order valence-corrected chi connectivity index (χ2v) is 2.68. The lowest BCUT2D eigenvalue weighted by Gasteiger charge is -2.12. The summed E-state index contributed by atoms with van der Waals surface area (Å²) in [7, 11) is 0. The van der Waals surface area contributed by atoms with Crippen LogP contribution >= 0.6 is 0 Å². The SMILES string of the molecule is C[C@@H](C(=O)O)[C@@H]1CCCO1. The van der Waals surface area contributed by atoms with E-state index in [1.165, 1.54) is 0 Å². The number of carboxylic acids is 1. The summed E-state index contributed by atoms with van der Waals surface area (Å²) in [5, 5.41) is 8.56. The maximum atomic E-state index is 10.4. The van der Waals surface area contributed by atoms with Gasteiger partial charge in [0.2, 0.25) is 0 Å². The van der Waals surface area contributed by atoms with Gasteiger partial charge in [-0.25, -0.2) is 0 Å². The number of aliphatic carboxylic acids is 1. The predicted octanol–water partition coefficient (Wildman–Crippen LogP) is 0.886. The number of hydrogen-bond acceptors (Lipinski definition) is 2. The van der Waals surface area contributed by atoms with Gasteiger partial charge in [0.15, 0.2) is 0 Å². The topological polar surface area (TPSA) is 46.5 Å². The van der Waals surface area contributed by atoms with Gasteiger partial charge in [0.1, 0.15) is 0 Å². The zero-order valence-electron chi connectivity index (χ0n) is 6.04. The molecule has 0 aromatic carbocycles. The highest BCUT2D eigenvalue weighted by atomic mass is 16.5. The Labute approximate surface area is 60.0 Å². The summed E-state index contributed by atoms with van der Waals surface area (Å²) in [6.07, 6.45) is 1.85. The van der Waals surface area contributed by atoms with E-state index in [1.807, 2.05) is 0 Å². The molecule has 1 N–H and O–H groups in total. The number of rotatable bonds is 2. The Kier molecular flexibility index (Phi) is 2.27. The summed E-state index contributed by atoms with van der Waals surface area (Å²) in [6, 6.07) is 0. The maximum absolute atomic E-state index is 10.4. The van der Waals surface area contributed by atoms with Crippen LogP contribution in [0.4, 0.5) is 0 Å². The molecule has 0 bridgehead atoms. The van der Waals surface area contributed by atoms with Crippen molar-refractivity contribution < 1.29 is 14.6 Å². The largest absolute Gasteiger partial charge is 0.481 e. The maximum Gasteiger partial charge on any atom is 0.308 e. The molecule has 0 aromatic rings. The van der Waals surface area contributed by atoms with Crippen LogP contribution in [-0.4, -0.2) is 23.8 Å². The van der Waals surface area contributed by atoms with E-state index < -0.39 is 5.97 Å². The highest BCUT2D eigenvalue weighted by molar-refractivity contribution is 5.70. The van der Waals surface area contributed by atoms with Crippen LogP contribution in [0.3, 0.4) is 0 Å². The number of carboxylic acid groups (broad SMARTS) is 1. The second-order valence-electron chi connectivity index (χ2n) is 2.68. The Morgan fingerprint density at radius 1 is 1.80 bits per heavy atom. The molecule has 2 atom stereocenters. The van der Waals surface area contributed by atoms with Crippen LogP contribution in [0.15, 0.2) is 0 Å². The third-order valence-electron chi connectivity index (χ3n) is 1.91. The van der Waals surface area contributed by atoms with E-state index in [1.54, 1.807) is 6.92 Å². The summed E-state index contributed by atoms with van der Waals surface area (Å²) in [6.45, 7) is 2.42. The van der Waals surface area contributed by atoms with E-state index in [0.29, 0.717) is 0 Å². The van der Waals surface area contributed by atoms with E-state index in [2.05, 4.69) is 0 Å². The summed E-state index contributed by atoms with van der Waals surface area (Å²) < 4.78 is 5.20. The van der Waals surface area contributed by atoms with Gasteiger partial charge < -0.3 is 9.84 Å². The Balaban J connectivity index is 2.39. The van der Waals surface area contributed by atoms with E-state index in [9.17, 15) is 4.79 Å². The lowest BCUT2D eigenvalue weighted by Crippen LogP contribution is -2.24. The third-order valence-corrected chi connectivity index (χ3v) is 1.91. The average molecular weight is 144 g/mol. The van der Waals surface area contributed by atoms with Gasteiger partial charge in [-0.15, -0.1) is 0 Å². The van der Waals surface area contributed by atoms with Crippen LogP contribution in [0.5, 0.6) is 0 Å². The minimum Gasteiger partial charge on any atom is -0.481 e. The lowest BCUT2D eigenvalue weighted by atomic mass is 10.0. The Morgan fingerprint density at radius 3 is 2.90 bits per heavy atom.